The lowest BCUT2D eigenvalue weighted by molar-refractivity contribution is -0.135. The Morgan fingerprint density at radius 2 is 1.67 bits per heavy atom. The van der Waals surface area contributed by atoms with Crippen LogP contribution in [0.25, 0.3) is 0 Å². The van der Waals surface area contributed by atoms with E-state index in [1.165, 1.54) is 0 Å². The van der Waals surface area contributed by atoms with E-state index < -0.39 is 22.7 Å². The molecular weight excluding hydrogens is 291 g/mol. The van der Waals surface area contributed by atoms with Crippen LogP contribution in [0.15, 0.2) is 0 Å². The van der Waals surface area contributed by atoms with Gasteiger partial charge in [0.1, 0.15) is 6.54 Å². The summed E-state index contributed by atoms with van der Waals surface area (Å²) in [6, 6.07) is 0. The first-order chi connectivity index (χ1) is 7.87. The van der Waals surface area contributed by atoms with Crippen molar-refractivity contribution in [2.75, 3.05) is 24.7 Å². The van der Waals surface area contributed by atoms with Gasteiger partial charge in [0.15, 0.2) is 0 Å². The lowest BCUT2D eigenvalue weighted by Crippen LogP contribution is -2.41. The Labute approximate surface area is 111 Å². The van der Waals surface area contributed by atoms with Gasteiger partial charge in [-0.2, -0.15) is 17.5 Å². The van der Waals surface area contributed by atoms with Crippen molar-refractivity contribution in [2.24, 2.45) is 5.41 Å². The summed E-state index contributed by atoms with van der Waals surface area (Å²) in [6.45, 7) is 3.69. The Balaban J connectivity index is 4.77. The molecule has 0 saturated carbocycles. The number of alkyl halides is 4. The van der Waals surface area contributed by atoms with Crippen LogP contribution in [0.4, 0.5) is 13.2 Å². The van der Waals surface area contributed by atoms with Crippen molar-refractivity contribution in [2.45, 2.75) is 33.4 Å². The number of rotatable bonds is 6. The third-order valence-corrected chi connectivity index (χ3v) is 4.18. The molecule has 0 aromatic rings. The van der Waals surface area contributed by atoms with Crippen molar-refractivity contribution in [1.82, 2.24) is 4.31 Å². The highest BCUT2D eigenvalue weighted by molar-refractivity contribution is 7.89. The highest BCUT2D eigenvalue weighted by atomic mass is 35.5. The van der Waals surface area contributed by atoms with E-state index in [2.05, 4.69) is 0 Å². The van der Waals surface area contributed by atoms with Gasteiger partial charge < -0.3 is 0 Å². The van der Waals surface area contributed by atoms with E-state index in [0.717, 1.165) is 0 Å². The van der Waals surface area contributed by atoms with E-state index in [-0.39, 0.29) is 23.6 Å². The number of nitrogens with zero attached hydrogens (tertiary/aromatic N) is 1. The Morgan fingerprint density at radius 1 is 1.17 bits per heavy atom. The van der Waals surface area contributed by atoms with Crippen molar-refractivity contribution in [3.63, 3.8) is 0 Å². The van der Waals surface area contributed by atoms with Crippen LogP contribution in [-0.4, -0.2) is 43.6 Å². The molecule has 110 valence electrons. The molecule has 0 heterocycles. The molecule has 18 heavy (non-hydrogen) atoms. The summed E-state index contributed by atoms with van der Waals surface area (Å²) in [6.07, 6.45) is -4.26. The average molecular weight is 310 g/mol. The second-order valence-corrected chi connectivity index (χ2v) is 7.73. The molecule has 0 N–H and O–H groups in total. The predicted octanol–water partition coefficient (Wildman–Crippen LogP) is 2.86. The fourth-order valence-corrected chi connectivity index (χ4v) is 3.32. The molecule has 0 bridgehead atoms. The van der Waals surface area contributed by atoms with Gasteiger partial charge in [-0.3, -0.25) is 0 Å². The lowest BCUT2D eigenvalue weighted by Gasteiger charge is -2.25. The number of hydrogen-bond acceptors (Lipinski definition) is 2. The van der Waals surface area contributed by atoms with Gasteiger partial charge >= 0.3 is 6.18 Å². The van der Waals surface area contributed by atoms with Crippen LogP contribution < -0.4 is 0 Å². The molecule has 0 saturated heterocycles. The summed E-state index contributed by atoms with van der Waals surface area (Å²) in [7, 11) is -3.92. The maximum atomic E-state index is 12.3. The summed E-state index contributed by atoms with van der Waals surface area (Å²) >= 11 is 5.35. The number of hydrogen-bond donors (Lipinski definition) is 0. The lowest BCUT2D eigenvalue weighted by atomic mass is 9.94. The van der Waals surface area contributed by atoms with Gasteiger partial charge in [-0.15, -0.1) is 11.6 Å². The Hall–Kier alpha value is -0.0100. The molecule has 0 unspecified atom stereocenters. The fourth-order valence-electron chi connectivity index (χ4n) is 1.17. The standard InChI is InChI=1S/C10H19ClF3NO2S/c1-9(2,3)4-7-18(16,17)15(6-5-11)8-10(12,13)14/h4-8H2,1-3H3. The van der Waals surface area contributed by atoms with Gasteiger partial charge in [0, 0.05) is 12.4 Å². The first-order valence-corrected chi connectivity index (χ1v) is 7.62. The molecule has 0 aliphatic carbocycles. The van der Waals surface area contributed by atoms with Gasteiger partial charge in [0.2, 0.25) is 10.0 Å². The van der Waals surface area contributed by atoms with Crippen LogP contribution in [0, 0.1) is 5.41 Å². The zero-order valence-electron chi connectivity index (χ0n) is 10.7. The van der Waals surface area contributed by atoms with Crippen LogP contribution in [0.2, 0.25) is 0 Å². The van der Waals surface area contributed by atoms with Crippen LogP contribution in [0.1, 0.15) is 27.2 Å². The second kappa shape index (κ2) is 6.43. The SMILES string of the molecule is CC(C)(C)CCS(=O)(=O)N(CCCl)CC(F)(F)F. The van der Waals surface area contributed by atoms with Crippen LogP contribution in [0.3, 0.4) is 0 Å². The summed E-state index contributed by atoms with van der Waals surface area (Å²) < 4.78 is 60.9. The minimum absolute atomic E-state index is 0.162. The third-order valence-electron chi connectivity index (χ3n) is 2.19. The van der Waals surface area contributed by atoms with Crippen molar-refractivity contribution in [3.05, 3.63) is 0 Å². The van der Waals surface area contributed by atoms with Crippen molar-refractivity contribution < 1.29 is 21.6 Å². The summed E-state index contributed by atoms with van der Waals surface area (Å²) in [5, 5.41) is 0. The smallest absolute Gasteiger partial charge is 0.212 e. The van der Waals surface area contributed by atoms with Gasteiger partial charge in [0.05, 0.1) is 5.75 Å². The van der Waals surface area contributed by atoms with E-state index in [1.807, 2.05) is 20.8 Å². The van der Waals surface area contributed by atoms with Gasteiger partial charge in [-0.1, -0.05) is 20.8 Å². The Kier molecular flexibility index (Phi) is 6.43. The monoisotopic (exact) mass is 309 g/mol. The maximum absolute atomic E-state index is 12.3. The Morgan fingerprint density at radius 3 is 2.00 bits per heavy atom. The molecule has 0 atom stereocenters. The highest BCUT2D eigenvalue weighted by Gasteiger charge is 2.36. The quantitative estimate of drug-likeness (QED) is 0.708. The van der Waals surface area contributed by atoms with Gasteiger partial charge in [0.25, 0.3) is 0 Å². The number of sulfonamides is 1. The molecule has 0 spiro atoms. The summed E-state index contributed by atoms with van der Waals surface area (Å²) in [5.41, 5.74) is -0.252. The zero-order valence-corrected chi connectivity index (χ0v) is 12.3. The first-order valence-electron chi connectivity index (χ1n) is 5.48. The summed E-state index contributed by atoms with van der Waals surface area (Å²) in [5.74, 6) is -0.464. The molecule has 3 nitrogen and oxygen atoms in total. The molecule has 0 aromatic carbocycles. The normalized spacial score (nSPS) is 14.2. The second-order valence-electron chi connectivity index (χ2n) is 5.26. The fraction of sp³-hybridized carbons (Fsp3) is 1.00. The average Bonchev–Trinajstić information content (AvgIpc) is 2.11. The van der Waals surface area contributed by atoms with Crippen molar-refractivity contribution in [3.8, 4) is 0 Å². The van der Waals surface area contributed by atoms with Crippen molar-refractivity contribution in [1.29, 1.82) is 0 Å². The minimum atomic E-state index is -4.55. The largest absolute Gasteiger partial charge is 0.402 e. The van der Waals surface area contributed by atoms with E-state index >= 15 is 0 Å². The number of halogens is 4. The molecule has 0 fully saturated rings. The van der Waals surface area contributed by atoms with E-state index in [9.17, 15) is 21.6 Å². The molecule has 0 aliphatic heterocycles. The van der Waals surface area contributed by atoms with E-state index in [4.69, 9.17) is 11.6 Å². The highest BCUT2D eigenvalue weighted by Crippen LogP contribution is 2.23. The molecule has 0 aliphatic rings. The van der Waals surface area contributed by atoms with E-state index in [0.29, 0.717) is 10.7 Å². The molecule has 0 amide bonds. The predicted molar refractivity (Wildman–Crippen MR) is 66.2 cm³/mol. The molecule has 0 radical (unpaired) electrons. The van der Waals surface area contributed by atoms with Crippen LogP contribution in [-0.2, 0) is 10.0 Å². The van der Waals surface area contributed by atoms with Crippen LogP contribution in [0.5, 0.6) is 0 Å². The maximum Gasteiger partial charge on any atom is 0.402 e. The van der Waals surface area contributed by atoms with Gasteiger partial charge in [-0.25, -0.2) is 8.42 Å². The Bertz CT molecular complexity index is 349. The minimum Gasteiger partial charge on any atom is -0.212 e. The zero-order chi connectivity index (χ0) is 14.6. The molecule has 0 aromatic heterocycles. The molecule has 8 heteroatoms. The first kappa shape index (κ1) is 18.0. The topological polar surface area (TPSA) is 37.4 Å². The van der Waals surface area contributed by atoms with Crippen molar-refractivity contribution >= 4 is 21.6 Å². The summed E-state index contributed by atoms with van der Waals surface area (Å²) in [4.78, 5) is 0. The third kappa shape index (κ3) is 8.16. The molecule has 0 rings (SSSR count). The molecular formula is C10H19ClF3NO2S. The van der Waals surface area contributed by atoms with E-state index in [1.54, 1.807) is 0 Å². The van der Waals surface area contributed by atoms with Crippen LogP contribution >= 0.6 is 11.6 Å². The van der Waals surface area contributed by atoms with Gasteiger partial charge in [-0.05, 0) is 11.8 Å².